The number of nitrogens with one attached hydrogen (secondary N) is 1. The maximum absolute atomic E-state index is 11.3. The number of ether oxygens (including phenoxy) is 1. The van der Waals surface area contributed by atoms with E-state index in [1.165, 1.54) is 7.11 Å². The van der Waals surface area contributed by atoms with Gasteiger partial charge in [0.15, 0.2) is 5.82 Å². The van der Waals surface area contributed by atoms with Crippen LogP contribution in [0.2, 0.25) is 0 Å². The number of amides is 1. The Balaban J connectivity index is 1.98. The number of aromatic nitrogens is 4. The molecular formula is C17H16N6O2. The molecule has 126 valence electrons. The second kappa shape index (κ2) is 6.91. The largest absolute Gasteiger partial charge is 0.453 e. The van der Waals surface area contributed by atoms with Gasteiger partial charge in [-0.3, -0.25) is 10.3 Å². The number of methoxy groups -OCH3 is 1. The number of anilines is 2. The third-order valence-electron chi connectivity index (χ3n) is 3.47. The van der Waals surface area contributed by atoms with Gasteiger partial charge in [0.05, 0.1) is 24.7 Å². The van der Waals surface area contributed by atoms with Crippen LogP contribution >= 0.6 is 0 Å². The molecule has 3 aromatic heterocycles. The van der Waals surface area contributed by atoms with Gasteiger partial charge in [-0.1, -0.05) is 0 Å². The number of aryl methyl sites for hydroxylation is 1. The summed E-state index contributed by atoms with van der Waals surface area (Å²) >= 11 is 0. The molecule has 0 atom stereocenters. The minimum Gasteiger partial charge on any atom is -0.453 e. The molecular weight excluding hydrogens is 320 g/mol. The van der Waals surface area contributed by atoms with E-state index in [0.29, 0.717) is 28.6 Å². The fourth-order valence-corrected chi connectivity index (χ4v) is 2.25. The van der Waals surface area contributed by atoms with E-state index in [1.54, 1.807) is 36.8 Å². The van der Waals surface area contributed by atoms with E-state index in [0.717, 1.165) is 11.3 Å². The van der Waals surface area contributed by atoms with Crippen molar-refractivity contribution in [3.8, 4) is 22.6 Å². The maximum atomic E-state index is 11.3. The van der Waals surface area contributed by atoms with Crippen LogP contribution in [0.1, 0.15) is 5.69 Å². The molecule has 0 aliphatic carbocycles. The van der Waals surface area contributed by atoms with Gasteiger partial charge in [0.1, 0.15) is 5.82 Å². The summed E-state index contributed by atoms with van der Waals surface area (Å²) in [5.74, 6) is 0.842. The van der Waals surface area contributed by atoms with E-state index < -0.39 is 6.09 Å². The zero-order valence-electron chi connectivity index (χ0n) is 13.7. The van der Waals surface area contributed by atoms with E-state index in [1.807, 2.05) is 13.0 Å². The van der Waals surface area contributed by atoms with Crippen LogP contribution in [-0.4, -0.2) is 33.1 Å². The molecule has 25 heavy (non-hydrogen) atoms. The highest BCUT2D eigenvalue weighted by Gasteiger charge is 2.10. The van der Waals surface area contributed by atoms with Crippen LogP contribution in [0.3, 0.4) is 0 Å². The molecule has 0 aliphatic rings. The quantitative estimate of drug-likeness (QED) is 0.755. The first-order valence-electron chi connectivity index (χ1n) is 7.44. The molecule has 0 radical (unpaired) electrons. The maximum Gasteiger partial charge on any atom is 0.412 e. The van der Waals surface area contributed by atoms with Gasteiger partial charge in [-0.15, -0.1) is 0 Å². The third-order valence-corrected chi connectivity index (χ3v) is 3.47. The number of nitrogens with zero attached hydrogens (tertiary/aromatic N) is 4. The Kier molecular flexibility index (Phi) is 4.51. The highest BCUT2D eigenvalue weighted by molar-refractivity contribution is 5.84. The summed E-state index contributed by atoms with van der Waals surface area (Å²) in [5, 5.41) is 2.51. The van der Waals surface area contributed by atoms with E-state index in [9.17, 15) is 4.79 Å². The van der Waals surface area contributed by atoms with Gasteiger partial charge in [0.25, 0.3) is 0 Å². The van der Waals surface area contributed by atoms with Gasteiger partial charge >= 0.3 is 6.09 Å². The number of nitrogens with two attached hydrogens (primary N) is 1. The van der Waals surface area contributed by atoms with Crippen molar-refractivity contribution in [3.05, 3.63) is 48.5 Å². The van der Waals surface area contributed by atoms with Crippen molar-refractivity contribution in [2.24, 2.45) is 0 Å². The number of nitrogen functional groups attached to an aromatic ring is 1. The highest BCUT2D eigenvalue weighted by atomic mass is 16.5. The van der Waals surface area contributed by atoms with Crippen LogP contribution in [0.4, 0.5) is 16.3 Å². The Hall–Kier alpha value is -3.55. The van der Waals surface area contributed by atoms with E-state index in [-0.39, 0.29) is 0 Å². The first kappa shape index (κ1) is 16.3. The second-order valence-corrected chi connectivity index (χ2v) is 5.21. The lowest BCUT2D eigenvalue weighted by Crippen LogP contribution is -2.12. The van der Waals surface area contributed by atoms with Gasteiger partial charge in [0, 0.05) is 29.2 Å². The van der Waals surface area contributed by atoms with Crippen molar-refractivity contribution in [1.29, 1.82) is 0 Å². The highest BCUT2D eigenvalue weighted by Crippen LogP contribution is 2.25. The Morgan fingerprint density at radius 3 is 2.76 bits per heavy atom. The predicted molar refractivity (Wildman–Crippen MR) is 93.7 cm³/mol. The normalized spacial score (nSPS) is 10.3. The minimum absolute atomic E-state index is 0.347. The van der Waals surface area contributed by atoms with Crippen LogP contribution in [0.5, 0.6) is 0 Å². The van der Waals surface area contributed by atoms with Crippen LogP contribution in [0.25, 0.3) is 22.6 Å². The van der Waals surface area contributed by atoms with Crippen molar-refractivity contribution in [2.45, 2.75) is 6.92 Å². The van der Waals surface area contributed by atoms with Gasteiger partial charge in [-0.05, 0) is 31.2 Å². The van der Waals surface area contributed by atoms with E-state index in [2.05, 4.69) is 30.0 Å². The third kappa shape index (κ3) is 3.69. The zero-order chi connectivity index (χ0) is 17.8. The standard InChI is InChI=1S/C17H16N6O2/c1-10-13(8-12(18)9-21-10)14-4-6-20-16(22-14)11-3-5-19-15(7-11)23-17(24)25-2/h3-9H,18H2,1-2H3,(H,19,23,24). The Labute approximate surface area is 144 Å². The number of hydrogen-bond donors (Lipinski definition) is 2. The number of carbonyl (C=O) groups excluding carboxylic acids is 1. The van der Waals surface area contributed by atoms with Crippen LogP contribution in [-0.2, 0) is 4.74 Å². The minimum atomic E-state index is -0.597. The Morgan fingerprint density at radius 1 is 1.16 bits per heavy atom. The number of carbonyl (C=O) groups is 1. The van der Waals surface area contributed by atoms with E-state index >= 15 is 0 Å². The molecule has 0 fully saturated rings. The zero-order valence-corrected chi connectivity index (χ0v) is 13.7. The molecule has 3 N–H and O–H groups in total. The Morgan fingerprint density at radius 2 is 1.96 bits per heavy atom. The molecule has 3 heterocycles. The van der Waals surface area contributed by atoms with Gasteiger partial charge in [0.2, 0.25) is 0 Å². The predicted octanol–water partition coefficient (Wildman–Crippen LogP) is 2.67. The SMILES string of the molecule is COC(=O)Nc1cc(-c2nccc(-c3cc(N)cnc3C)n2)ccn1. The summed E-state index contributed by atoms with van der Waals surface area (Å²) in [6.45, 7) is 1.89. The molecule has 8 heteroatoms. The lowest BCUT2D eigenvalue weighted by molar-refractivity contribution is 0.187. The second-order valence-electron chi connectivity index (χ2n) is 5.21. The molecule has 8 nitrogen and oxygen atoms in total. The average Bonchev–Trinajstić information content (AvgIpc) is 2.64. The first-order valence-corrected chi connectivity index (χ1v) is 7.44. The summed E-state index contributed by atoms with van der Waals surface area (Å²) in [4.78, 5) is 28.5. The van der Waals surface area contributed by atoms with Crippen LogP contribution < -0.4 is 11.1 Å². The fraction of sp³-hybridized carbons (Fsp3) is 0.118. The van der Waals surface area contributed by atoms with Crippen molar-refractivity contribution >= 4 is 17.6 Å². The molecule has 0 aromatic carbocycles. The summed E-state index contributed by atoms with van der Waals surface area (Å²) in [5.41, 5.74) is 9.47. The summed E-state index contributed by atoms with van der Waals surface area (Å²) in [7, 11) is 1.29. The lowest BCUT2D eigenvalue weighted by Gasteiger charge is -2.08. The molecule has 0 saturated heterocycles. The molecule has 0 bridgehead atoms. The first-order chi connectivity index (χ1) is 12.1. The van der Waals surface area contributed by atoms with Gasteiger partial charge in [-0.25, -0.2) is 19.7 Å². The van der Waals surface area contributed by atoms with E-state index in [4.69, 9.17) is 5.73 Å². The molecule has 0 saturated carbocycles. The molecule has 0 aliphatic heterocycles. The summed E-state index contributed by atoms with van der Waals surface area (Å²) in [6.07, 6.45) is 4.23. The topological polar surface area (TPSA) is 116 Å². The Bertz CT molecular complexity index is 929. The van der Waals surface area contributed by atoms with Crippen molar-refractivity contribution in [1.82, 2.24) is 19.9 Å². The number of pyridine rings is 2. The van der Waals surface area contributed by atoms with Crippen LogP contribution in [0, 0.1) is 6.92 Å². The van der Waals surface area contributed by atoms with Gasteiger partial charge < -0.3 is 10.5 Å². The molecule has 3 aromatic rings. The van der Waals surface area contributed by atoms with Crippen molar-refractivity contribution < 1.29 is 9.53 Å². The number of rotatable bonds is 3. The van der Waals surface area contributed by atoms with Crippen molar-refractivity contribution in [2.75, 3.05) is 18.2 Å². The number of hydrogen-bond acceptors (Lipinski definition) is 7. The molecule has 0 spiro atoms. The molecule has 1 amide bonds. The molecule has 3 rings (SSSR count). The smallest absolute Gasteiger partial charge is 0.412 e. The molecule has 0 unspecified atom stereocenters. The van der Waals surface area contributed by atoms with Gasteiger partial charge in [-0.2, -0.15) is 0 Å². The summed E-state index contributed by atoms with van der Waals surface area (Å²) < 4.78 is 4.56. The van der Waals surface area contributed by atoms with Crippen molar-refractivity contribution in [3.63, 3.8) is 0 Å². The summed E-state index contributed by atoms with van der Waals surface area (Å²) in [6, 6.07) is 7.04. The lowest BCUT2D eigenvalue weighted by atomic mass is 10.1. The van der Waals surface area contributed by atoms with Crippen LogP contribution in [0.15, 0.2) is 42.9 Å². The average molecular weight is 336 g/mol. The monoisotopic (exact) mass is 336 g/mol. The fourth-order valence-electron chi connectivity index (χ4n) is 2.25.